The van der Waals surface area contributed by atoms with Crippen LogP contribution in [0.3, 0.4) is 0 Å². The van der Waals surface area contributed by atoms with Gasteiger partial charge in [0.05, 0.1) is 18.1 Å². The highest BCUT2D eigenvalue weighted by Crippen LogP contribution is 2.25. The molecule has 1 aliphatic rings. The fourth-order valence-electron chi connectivity index (χ4n) is 3.24. The molecule has 1 aliphatic heterocycles. The lowest BCUT2D eigenvalue weighted by Crippen LogP contribution is -2.50. The maximum atomic E-state index is 13.1. The summed E-state index contributed by atoms with van der Waals surface area (Å²) in [6.45, 7) is 2.36. The lowest BCUT2D eigenvalue weighted by atomic mass is 10.2. The van der Waals surface area contributed by atoms with Gasteiger partial charge in [0.1, 0.15) is 5.82 Å². The van der Waals surface area contributed by atoms with Gasteiger partial charge in [-0.3, -0.25) is 5.32 Å². The number of urea groups is 1. The third-order valence-electron chi connectivity index (χ3n) is 4.77. The maximum Gasteiger partial charge on any atom is 0.323 e. The summed E-state index contributed by atoms with van der Waals surface area (Å²) in [5.74, 6) is 0.214. The summed E-state index contributed by atoms with van der Waals surface area (Å²) in [5, 5.41) is 3.33. The van der Waals surface area contributed by atoms with Gasteiger partial charge in [-0.05, 0) is 42.5 Å². The maximum absolute atomic E-state index is 13.1. The van der Waals surface area contributed by atoms with Crippen LogP contribution in [-0.4, -0.2) is 54.2 Å². The summed E-state index contributed by atoms with van der Waals surface area (Å²) in [4.78, 5) is 25.3. The summed E-state index contributed by atoms with van der Waals surface area (Å²) >= 11 is 6.00. The predicted molar refractivity (Wildman–Crippen MR) is 110 cm³/mol. The van der Waals surface area contributed by atoms with Crippen LogP contribution in [0.25, 0.3) is 11.0 Å². The molecule has 29 heavy (non-hydrogen) atoms. The molecule has 0 bridgehead atoms. The summed E-state index contributed by atoms with van der Waals surface area (Å²) in [7, 11) is 1.47. The normalized spacial score (nSPS) is 14.2. The van der Waals surface area contributed by atoms with Gasteiger partial charge in [0.15, 0.2) is 5.82 Å². The molecule has 0 atom stereocenters. The molecule has 0 saturated carbocycles. The Bertz CT molecular complexity index is 1040. The number of hydrogen-bond acceptors (Lipinski definition) is 5. The summed E-state index contributed by atoms with van der Waals surface area (Å²) in [6.07, 6.45) is 0. The molecule has 3 aromatic rings. The van der Waals surface area contributed by atoms with E-state index in [1.807, 2.05) is 0 Å². The predicted octanol–water partition coefficient (Wildman–Crippen LogP) is 3.79. The Kier molecular flexibility index (Phi) is 5.35. The zero-order chi connectivity index (χ0) is 20.4. The minimum absolute atomic E-state index is 0.220. The number of amides is 2. The van der Waals surface area contributed by atoms with Gasteiger partial charge in [0.2, 0.25) is 0 Å². The lowest BCUT2D eigenvalue weighted by Gasteiger charge is -2.36. The van der Waals surface area contributed by atoms with E-state index in [2.05, 4.69) is 20.2 Å². The highest BCUT2D eigenvalue weighted by molar-refractivity contribution is 6.31. The molecule has 9 heteroatoms. The average Bonchev–Trinajstić information content (AvgIpc) is 2.74. The fourth-order valence-corrected chi connectivity index (χ4v) is 3.40. The molecule has 150 valence electrons. The van der Waals surface area contributed by atoms with E-state index in [0.29, 0.717) is 42.2 Å². The van der Waals surface area contributed by atoms with Gasteiger partial charge < -0.3 is 14.5 Å². The van der Waals surface area contributed by atoms with Gasteiger partial charge in [0, 0.05) is 36.9 Å². The first-order valence-corrected chi connectivity index (χ1v) is 9.49. The lowest BCUT2D eigenvalue weighted by molar-refractivity contribution is 0.208. The number of methoxy groups -OCH3 is 1. The smallest absolute Gasteiger partial charge is 0.323 e. The van der Waals surface area contributed by atoms with Crippen LogP contribution in [0.15, 0.2) is 42.5 Å². The van der Waals surface area contributed by atoms with E-state index < -0.39 is 0 Å². The zero-order valence-electron chi connectivity index (χ0n) is 15.7. The molecule has 0 aliphatic carbocycles. The Labute approximate surface area is 172 Å². The van der Waals surface area contributed by atoms with E-state index in [0.717, 1.165) is 5.69 Å². The number of ether oxygens (including phenoxy) is 1. The molecule has 2 amide bonds. The number of benzene rings is 2. The van der Waals surface area contributed by atoms with Crippen molar-refractivity contribution in [1.29, 1.82) is 0 Å². The molecule has 1 aromatic heterocycles. The molecule has 0 spiro atoms. The highest BCUT2D eigenvalue weighted by Gasteiger charge is 2.23. The molecular formula is C20H19ClFN5O2. The number of aromatic nitrogens is 2. The van der Waals surface area contributed by atoms with E-state index >= 15 is 0 Å². The molecule has 2 aromatic carbocycles. The van der Waals surface area contributed by atoms with Crippen LogP contribution in [0, 0.1) is 5.82 Å². The largest absolute Gasteiger partial charge is 0.478 e. The highest BCUT2D eigenvalue weighted by atomic mass is 35.5. The van der Waals surface area contributed by atoms with Crippen molar-refractivity contribution in [3.05, 3.63) is 53.3 Å². The second kappa shape index (κ2) is 8.08. The monoisotopic (exact) mass is 415 g/mol. The first-order valence-electron chi connectivity index (χ1n) is 9.11. The van der Waals surface area contributed by atoms with E-state index in [9.17, 15) is 9.18 Å². The number of nitrogens with one attached hydrogen (secondary N) is 1. The minimum Gasteiger partial charge on any atom is -0.478 e. The molecular weight excluding hydrogens is 397 g/mol. The third kappa shape index (κ3) is 4.17. The summed E-state index contributed by atoms with van der Waals surface area (Å²) in [6, 6.07) is 11.2. The summed E-state index contributed by atoms with van der Waals surface area (Å²) in [5.41, 5.74) is 2.12. The molecule has 1 N–H and O–H groups in total. The van der Waals surface area contributed by atoms with Gasteiger partial charge in [-0.2, -0.15) is 0 Å². The van der Waals surface area contributed by atoms with Crippen LogP contribution in [0.5, 0.6) is 5.88 Å². The van der Waals surface area contributed by atoms with Gasteiger partial charge in [-0.15, -0.1) is 0 Å². The number of hydrogen-bond donors (Lipinski definition) is 1. The van der Waals surface area contributed by atoms with Crippen molar-refractivity contribution in [2.75, 3.05) is 43.5 Å². The van der Waals surface area contributed by atoms with Crippen molar-refractivity contribution in [1.82, 2.24) is 14.9 Å². The van der Waals surface area contributed by atoms with Gasteiger partial charge >= 0.3 is 6.03 Å². The fraction of sp³-hybridized carbons (Fsp3) is 0.250. The van der Waals surface area contributed by atoms with Gasteiger partial charge in [-0.25, -0.2) is 19.2 Å². The second-order valence-corrected chi connectivity index (χ2v) is 7.03. The number of rotatable bonds is 3. The topological polar surface area (TPSA) is 70.6 Å². The molecule has 0 unspecified atom stereocenters. The molecule has 7 nitrogen and oxygen atoms in total. The Morgan fingerprint density at radius 3 is 2.48 bits per heavy atom. The first-order chi connectivity index (χ1) is 14.0. The third-order valence-corrected chi connectivity index (χ3v) is 5.01. The Morgan fingerprint density at radius 2 is 1.79 bits per heavy atom. The van der Waals surface area contributed by atoms with Crippen LogP contribution in [-0.2, 0) is 0 Å². The number of piperazine rings is 1. The summed E-state index contributed by atoms with van der Waals surface area (Å²) < 4.78 is 18.4. The van der Waals surface area contributed by atoms with Crippen molar-refractivity contribution in [3.63, 3.8) is 0 Å². The number of carbonyl (C=O) groups is 1. The van der Waals surface area contributed by atoms with E-state index in [4.69, 9.17) is 16.3 Å². The van der Waals surface area contributed by atoms with Crippen LogP contribution in [0.2, 0.25) is 5.02 Å². The van der Waals surface area contributed by atoms with E-state index in [1.54, 1.807) is 35.2 Å². The van der Waals surface area contributed by atoms with E-state index in [1.165, 1.54) is 19.2 Å². The molecule has 2 heterocycles. The first kappa shape index (κ1) is 19.2. The zero-order valence-corrected chi connectivity index (χ0v) is 16.5. The Morgan fingerprint density at radius 1 is 1.07 bits per heavy atom. The standard InChI is InChI=1S/C20H19ClFN5O2/c1-29-19-18(23-16-7-2-13(21)12-17(16)24-19)25-20(28)27-10-8-26(9-11-27)15-5-3-14(22)4-6-15/h2-7,12H,8-11H2,1H3,(H,23,25,28). The molecule has 1 fully saturated rings. The van der Waals surface area contributed by atoms with Gasteiger partial charge in [0.25, 0.3) is 5.88 Å². The quantitative estimate of drug-likeness (QED) is 0.704. The number of fused-ring (bicyclic) bond motifs is 1. The Balaban J connectivity index is 1.44. The Hall–Kier alpha value is -3.13. The van der Waals surface area contributed by atoms with Crippen LogP contribution >= 0.6 is 11.6 Å². The average molecular weight is 416 g/mol. The number of halogens is 2. The molecule has 4 rings (SSSR count). The minimum atomic E-state index is -0.273. The van der Waals surface area contributed by atoms with Crippen LogP contribution in [0.1, 0.15) is 0 Å². The SMILES string of the molecule is COc1nc2cc(Cl)ccc2nc1NC(=O)N1CCN(c2ccc(F)cc2)CC1. The van der Waals surface area contributed by atoms with Crippen molar-refractivity contribution < 1.29 is 13.9 Å². The van der Waals surface area contributed by atoms with Crippen molar-refractivity contribution in [3.8, 4) is 5.88 Å². The second-order valence-electron chi connectivity index (χ2n) is 6.60. The van der Waals surface area contributed by atoms with Crippen molar-refractivity contribution in [2.24, 2.45) is 0 Å². The van der Waals surface area contributed by atoms with Gasteiger partial charge in [-0.1, -0.05) is 11.6 Å². The van der Waals surface area contributed by atoms with Crippen molar-refractivity contribution in [2.45, 2.75) is 0 Å². The number of anilines is 2. The van der Waals surface area contributed by atoms with Crippen molar-refractivity contribution >= 4 is 40.2 Å². The number of nitrogens with zero attached hydrogens (tertiary/aromatic N) is 4. The van der Waals surface area contributed by atoms with Crippen LogP contribution < -0.4 is 15.0 Å². The molecule has 0 radical (unpaired) electrons. The molecule has 1 saturated heterocycles. The van der Waals surface area contributed by atoms with Crippen LogP contribution in [0.4, 0.5) is 20.7 Å². The van der Waals surface area contributed by atoms with E-state index in [-0.39, 0.29) is 23.5 Å². The number of carbonyl (C=O) groups excluding carboxylic acids is 1.